The van der Waals surface area contributed by atoms with Gasteiger partial charge in [0.2, 0.25) is 0 Å². The number of carbonyl (C=O) groups is 1. The van der Waals surface area contributed by atoms with Crippen LogP contribution in [0.25, 0.3) is 0 Å². The maximum atomic E-state index is 12.2. The Labute approximate surface area is 125 Å². The van der Waals surface area contributed by atoms with E-state index in [0.717, 1.165) is 0 Å². The molecule has 2 aromatic rings. The Bertz CT molecular complexity index is 592. The first-order valence-electron chi connectivity index (χ1n) is 5.78. The quantitative estimate of drug-likeness (QED) is 0.931. The highest BCUT2D eigenvalue weighted by Gasteiger charge is 2.14. The summed E-state index contributed by atoms with van der Waals surface area (Å²) in [5.41, 5.74) is 1.06. The van der Waals surface area contributed by atoms with Crippen molar-refractivity contribution in [1.29, 1.82) is 0 Å². The molecule has 0 aliphatic rings. The molecule has 5 nitrogen and oxygen atoms in total. The average molecular weight is 337 g/mol. The van der Waals surface area contributed by atoms with Crippen LogP contribution in [0, 0.1) is 0 Å². The second kappa shape index (κ2) is 6.38. The van der Waals surface area contributed by atoms with Crippen molar-refractivity contribution in [3.05, 3.63) is 46.7 Å². The zero-order valence-corrected chi connectivity index (χ0v) is 12.6. The van der Waals surface area contributed by atoms with Crippen LogP contribution in [0.15, 0.2) is 41.1 Å². The van der Waals surface area contributed by atoms with Gasteiger partial charge in [0.25, 0.3) is 5.91 Å². The van der Waals surface area contributed by atoms with E-state index in [-0.39, 0.29) is 5.91 Å². The highest BCUT2D eigenvalue weighted by Crippen LogP contribution is 2.35. The molecule has 1 aromatic heterocycles. The van der Waals surface area contributed by atoms with Crippen LogP contribution in [0.5, 0.6) is 11.5 Å². The molecule has 104 valence electrons. The minimum atomic E-state index is -0.262. The van der Waals surface area contributed by atoms with Crippen molar-refractivity contribution in [2.75, 3.05) is 19.5 Å². The third kappa shape index (κ3) is 3.08. The Kier molecular flexibility index (Phi) is 4.57. The summed E-state index contributed by atoms with van der Waals surface area (Å²) in [5, 5.41) is 2.75. The fourth-order valence-corrected chi connectivity index (χ4v) is 2.19. The first-order valence-corrected chi connectivity index (χ1v) is 6.58. The number of methoxy groups -OCH3 is 2. The van der Waals surface area contributed by atoms with Gasteiger partial charge >= 0.3 is 0 Å². The van der Waals surface area contributed by atoms with Gasteiger partial charge in [0.1, 0.15) is 16.0 Å². The summed E-state index contributed by atoms with van der Waals surface area (Å²) in [6.07, 6.45) is 3.21. The van der Waals surface area contributed by atoms with Crippen molar-refractivity contribution in [2.24, 2.45) is 0 Å². The van der Waals surface area contributed by atoms with E-state index in [4.69, 9.17) is 9.47 Å². The van der Waals surface area contributed by atoms with Gasteiger partial charge in [-0.15, -0.1) is 0 Å². The standard InChI is InChI=1S/C14H13BrN2O3/c1-19-11-6-9(7-12(20-2)13(11)15)14(18)17-10-4-3-5-16-8-10/h3-8H,1-2H3,(H,17,18). The average Bonchev–Trinajstić information content (AvgIpc) is 2.48. The summed E-state index contributed by atoms with van der Waals surface area (Å²) < 4.78 is 11.1. The van der Waals surface area contributed by atoms with Gasteiger partial charge in [0.05, 0.1) is 26.1 Å². The summed E-state index contributed by atoms with van der Waals surface area (Å²) in [7, 11) is 3.06. The van der Waals surface area contributed by atoms with Crippen LogP contribution in [-0.4, -0.2) is 25.1 Å². The third-order valence-corrected chi connectivity index (χ3v) is 3.41. The van der Waals surface area contributed by atoms with E-state index in [1.54, 1.807) is 36.7 Å². The number of rotatable bonds is 4. The second-order valence-electron chi connectivity index (χ2n) is 3.89. The third-order valence-electron chi connectivity index (χ3n) is 2.63. The molecule has 0 unspecified atom stereocenters. The molecule has 0 radical (unpaired) electrons. The lowest BCUT2D eigenvalue weighted by atomic mass is 10.2. The largest absolute Gasteiger partial charge is 0.495 e. The van der Waals surface area contributed by atoms with Crippen LogP contribution in [0.4, 0.5) is 5.69 Å². The number of carbonyl (C=O) groups excluding carboxylic acids is 1. The molecule has 0 bridgehead atoms. The SMILES string of the molecule is COc1cc(C(=O)Nc2cccnc2)cc(OC)c1Br. The lowest BCUT2D eigenvalue weighted by Crippen LogP contribution is -2.12. The zero-order valence-electron chi connectivity index (χ0n) is 11.0. The molecular weight excluding hydrogens is 324 g/mol. The van der Waals surface area contributed by atoms with Gasteiger partial charge in [-0.05, 0) is 40.2 Å². The first-order chi connectivity index (χ1) is 9.65. The van der Waals surface area contributed by atoms with Gasteiger partial charge in [-0.25, -0.2) is 0 Å². The molecule has 2 rings (SSSR count). The van der Waals surface area contributed by atoms with Crippen molar-refractivity contribution in [3.63, 3.8) is 0 Å². The predicted octanol–water partition coefficient (Wildman–Crippen LogP) is 3.11. The Hall–Kier alpha value is -2.08. The van der Waals surface area contributed by atoms with Crippen LogP contribution >= 0.6 is 15.9 Å². The summed E-state index contributed by atoms with van der Waals surface area (Å²) >= 11 is 3.36. The number of nitrogens with zero attached hydrogens (tertiary/aromatic N) is 1. The first kappa shape index (κ1) is 14.3. The summed E-state index contributed by atoms with van der Waals surface area (Å²) in [6, 6.07) is 6.78. The molecule has 1 aromatic carbocycles. The van der Waals surface area contributed by atoms with Crippen LogP contribution in [-0.2, 0) is 0 Å². The van der Waals surface area contributed by atoms with E-state index < -0.39 is 0 Å². The molecule has 1 heterocycles. The second-order valence-corrected chi connectivity index (χ2v) is 4.68. The van der Waals surface area contributed by atoms with Crippen molar-refractivity contribution in [1.82, 2.24) is 4.98 Å². The zero-order chi connectivity index (χ0) is 14.5. The van der Waals surface area contributed by atoms with E-state index in [1.807, 2.05) is 0 Å². The number of nitrogens with one attached hydrogen (secondary N) is 1. The number of ether oxygens (including phenoxy) is 2. The molecule has 0 aliphatic heterocycles. The van der Waals surface area contributed by atoms with E-state index >= 15 is 0 Å². The van der Waals surface area contributed by atoms with Crippen molar-refractivity contribution in [2.45, 2.75) is 0 Å². The number of benzene rings is 1. The number of hydrogen-bond acceptors (Lipinski definition) is 4. The minimum Gasteiger partial charge on any atom is -0.495 e. The topological polar surface area (TPSA) is 60.5 Å². The molecule has 0 spiro atoms. The molecule has 20 heavy (non-hydrogen) atoms. The minimum absolute atomic E-state index is 0.262. The highest BCUT2D eigenvalue weighted by molar-refractivity contribution is 9.10. The molecule has 0 saturated carbocycles. The number of halogens is 1. The summed E-state index contributed by atoms with van der Waals surface area (Å²) in [4.78, 5) is 16.1. The molecule has 0 fully saturated rings. The van der Waals surface area contributed by atoms with E-state index in [9.17, 15) is 4.79 Å². The molecule has 0 atom stereocenters. The number of amides is 1. The monoisotopic (exact) mass is 336 g/mol. The van der Waals surface area contributed by atoms with Gasteiger partial charge in [-0.3, -0.25) is 9.78 Å². The van der Waals surface area contributed by atoms with E-state index in [1.165, 1.54) is 14.2 Å². The number of hydrogen-bond donors (Lipinski definition) is 1. The summed E-state index contributed by atoms with van der Waals surface area (Å²) in [5.74, 6) is 0.795. The normalized spacial score (nSPS) is 9.95. The predicted molar refractivity (Wildman–Crippen MR) is 79.4 cm³/mol. The fourth-order valence-electron chi connectivity index (χ4n) is 1.64. The van der Waals surface area contributed by atoms with Gasteiger partial charge in [-0.2, -0.15) is 0 Å². The Morgan fingerprint density at radius 1 is 1.25 bits per heavy atom. The van der Waals surface area contributed by atoms with Crippen molar-refractivity contribution < 1.29 is 14.3 Å². The van der Waals surface area contributed by atoms with Gasteiger partial charge in [0.15, 0.2) is 0 Å². The summed E-state index contributed by atoms with van der Waals surface area (Å²) in [6.45, 7) is 0. The highest BCUT2D eigenvalue weighted by atomic mass is 79.9. The number of pyridine rings is 1. The van der Waals surface area contributed by atoms with Gasteiger partial charge < -0.3 is 14.8 Å². The Morgan fingerprint density at radius 3 is 2.40 bits per heavy atom. The maximum Gasteiger partial charge on any atom is 0.255 e. The lowest BCUT2D eigenvalue weighted by Gasteiger charge is -2.11. The number of anilines is 1. The smallest absolute Gasteiger partial charge is 0.255 e. The van der Waals surface area contributed by atoms with Crippen molar-refractivity contribution in [3.8, 4) is 11.5 Å². The van der Waals surface area contributed by atoms with Crippen LogP contribution in [0.1, 0.15) is 10.4 Å². The molecule has 0 saturated heterocycles. The number of aromatic nitrogens is 1. The molecule has 6 heteroatoms. The maximum absolute atomic E-state index is 12.2. The molecular formula is C14H13BrN2O3. The molecule has 1 N–H and O–H groups in total. The van der Waals surface area contributed by atoms with Crippen LogP contribution in [0.2, 0.25) is 0 Å². The van der Waals surface area contributed by atoms with Crippen LogP contribution < -0.4 is 14.8 Å². The lowest BCUT2D eigenvalue weighted by molar-refractivity contribution is 0.102. The molecule has 0 aliphatic carbocycles. The Morgan fingerprint density at radius 2 is 1.90 bits per heavy atom. The van der Waals surface area contributed by atoms with Crippen molar-refractivity contribution >= 4 is 27.5 Å². The molecule has 1 amide bonds. The van der Waals surface area contributed by atoms with Gasteiger partial charge in [-0.1, -0.05) is 0 Å². The van der Waals surface area contributed by atoms with E-state index in [2.05, 4.69) is 26.2 Å². The van der Waals surface area contributed by atoms with E-state index in [0.29, 0.717) is 27.2 Å². The fraction of sp³-hybridized carbons (Fsp3) is 0.143. The van der Waals surface area contributed by atoms with Gasteiger partial charge in [0, 0.05) is 11.8 Å². The van der Waals surface area contributed by atoms with Crippen LogP contribution in [0.3, 0.4) is 0 Å². The Balaban J connectivity index is 2.30.